The van der Waals surface area contributed by atoms with E-state index in [1.54, 1.807) is 6.20 Å². The van der Waals surface area contributed by atoms with E-state index in [-0.39, 0.29) is 12.7 Å². The van der Waals surface area contributed by atoms with Crippen molar-refractivity contribution in [2.75, 3.05) is 6.79 Å². The van der Waals surface area contributed by atoms with E-state index in [1.165, 1.54) is 0 Å². The summed E-state index contributed by atoms with van der Waals surface area (Å²) in [6.45, 7) is 0.220. The second-order valence-corrected chi connectivity index (χ2v) is 5.49. The fourth-order valence-corrected chi connectivity index (χ4v) is 3.24. The van der Waals surface area contributed by atoms with Gasteiger partial charge in [0, 0.05) is 45.9 Å². The van der Waals surface area contributed by atoms with Gasteiger partial charge < -0.3 is 19.6 Å². The molecule has 0 spiro atoms. The Hall–Kier alpha value is -3.21. The summed E-state index contributed by atoms with van der Waals surface area (Å²) in [6.07, 6.45) is 5.36. The number of aromatic nitrogens is 2. The number of hydrogen-bond acceptors (Lipinski definition) is 4. The Balaban J connectivity index is 2.03. The number of nitrogens with zero attached hydrogens (tertiary/aromatic N) is 1. The molecule has 3 heterocycles. The number of pyridine rings is 1. The van der Waals surface area contributed by atoms with E-state index < -0.39 is 0 Å². The normalized spacial score (nSPS) is 13.0. The van der Waals surface area contributed by atoms with Gasteiger partial charge >= 0.3 is 0 Å². The Morgan fingerprint density at radius 2 is 2.09 bits per heavy atom. The van der Waals surface area contributed by atoms with Crippen LogP contribution in [0.1, 0.15) is 0 Å². The summed E-state index contributed by atoms with van der Waals surface area (Å²) in [7, 11) is 0. The number of fused-ring (bicyclic) bond motifs is 4. The van der Waals surface area contributed by atoms with E-state index in [1.807, 2.05) is 42.7 Å². The molecule has 0 bridgehead atoms. The highest BCUT2D eigenvalue weighted by molar-refractivity contribution is 6.16. The Labute approximate surface area is 131 Å². The van der Waals surface area contributed by atoms with Gasteiger partial charge in [0.1, 0.15) is 0 Å². The van der Waals surface area contributed by atoms with Crippen LogP contribution >= 0.6 is 0 Å². The molecule has 0 atom stereocenters. The maximum atomic E-state index is 10.1. The van der Waals surface area contributed by atoms with Crippen LogP contribution in [0.2, 0.25) is 0 Å². The van der Waals surface area contributed by atoms with Gasteiger partial charge in [0.15, 0.2) is 17.4 Å². The van der Waals surface area contributed by atoms with E-state index >= 15 is 0 Å². The zero-order valence-corrected chi connectivity index (χ0v) is 12.0. The van der Waals surface area contributed by atoms with Crippen LogP contribution in [0.15, 0.2) is 48.9 Å². The maximum Gasteiger partial charge on any atom is 0.231 e. The summed E-state index contributed by atoms with van der Waals surface area (Å²) in [4.78, 5) is 7.12. The zero-order chi connectivity index (χ0) is 15.4. The molecule has 0 amide bonds. The molecule has 2 N–H and O–H groups in total. The molecular formula is C18H12N2O3. The Morgan fingerprint density at radius 3 is 2.96 bits per heavy atom. The van der Waals surface area contributed by atoms with E-state index in [4.69, 9.17) is 9.47 Å². The minimum Gasteiger partial charge on any atom is -0.494 e. The molecule has 5 rings (SSSR count). The molecule has 1 aliphatic rings. The number of benzene rings is 2. The van der Waals surface area contributed by atoms with Crippen LogP contribution in [0.3, 0.4) is 0 Å². The molecule has 23 heavy (non-hydrogen) atoms. The van der Waals surface area contributed by atoms with Crippen molar-refractivity contribution in [3.8, 4) is 28.5 Å². The van der Waals surface area contributed by atoms with Crippen molar-refractivity contribution >= 4 is 21.5 Å². The van der Waals surface area contributed by atoms with Crippen molar-refractivity contribution in [2.45, 2.75) is 0 Å². The van der Waals surface area contributed by atoms with Crippen LogP contribution in [0.25, 0.3) is 32.7 Å². The van der Waals surface area contributed by atoms with Crippen LogP contribution in [0.5, 0.6) is 17.4 Å². The lowest BCUT2D eigenvalue weighted by Gasteiger charge is -2.11. The van der Waals surface area contributed by atoms with Gasteiger partial charge in [-0.1, -0.05) is 12.1 Å². The van der Waals surface area contributed by atoms with E-state index in [0.29, 0.717) is 0 Å². The number of H-pyrrole nitrogens is 1. The first-order chi connectivity index (χ1) is 11.3. The summed E-state index contributed by atoms with van der Waals surface area (Å²) >= 11 is 0. The lowest BCUT2D eigenvalue weighted by Crippen LogP contribution is -1.93. The fraction of sp³-hybridized carbons (Fsp3) is 0.0556. The third-order valence-electron chi connectivity index (χ3n) is 4.24. The minimum absolute atomic E-state index is 0.157. The highest BCUT2D eigenvalue weighted by Crippen LogP contribution is 2.47. The maximum absolute atomic E-state index is 10.1. The Morgan fingerprint density at radius 1 is 1.13 bits per heavy atom. The van der Waals surface area contributed by atoms with Crippen LogP contribution in [-0.4, -0.2) is 21.9 Å². The molecule has 5 nitrogen and oxygen atoms in total. The first-order valence-corrected chi connectivity index (χ1v) is 7.29. The summed E-state index contributed by atoms with van der Waals surface area (Å²) in [5.41, 5.74) is 1.94. The lowest BCUT2D eigenvalue weighted by molar-refractivity contribution is 0.175. The van der Waals surface area contributed by atoms with E-state index in [0.717, 1.165) is 44.2 Å². The van der Waals surface area contributed by atoms with Crippen molar-refractivity contribution in [2.24, 2.45) is 0 Å². The van der Waals surface area contributed by atoms with Gasteiger partial charge in [0.2, 0.25) is 6.79 Å². The minimum atomic E-state index is 0.157. The van der Waals surface area contributed by atoms with Crippen LogP contribution in [-0.2, 0) is 0 Å². The molecule has 1 aliphatic heterocycles. The predicted molar refractivity (Wildman–Crippen MR) is 86.8 cm³/mol. The average Bonchev–Trinajstić information content (AvgIpc) is 3.21. The lowest BCUT2D eigenvalue weighted by atomic mass is 9.94. The average molecular weight is 304 g/mol. The van der Waals surface area contributed by atoms with Crippen molar-refractivity contribution in [3.63, 3.8) is 0 Å². The smallest absolute Gasteiger partial charge is 0.231 e. The number of rotatable bonds is 1. The van der Waals surface area contributed by atoms with Gasteiger partial charge in [-0.05, 0) is 23.6 Å². The molecule has 0 aliphatic carbocycles. The summed E-state index contributed by atoms with van der Waals surface area (Å²) < 4.78 is 11.2. The molecule has 5 heteroatoms. The Kier molecular flexibility index (Phi) is 2.36. The summed E-state index contributed by atoms with van der Waals surface area (Å²) in [5, 5.41) is 13.8. The van der Waals surface area contributed by atoms with Crippen molar-refractivity contribution in [1.29, 1.82) is 0 Å². The second-order valence-electron chi connectivity index (χ2n) is 5.49. The van der Waals surface area contributed by atoms with Crippen molar-refractivity contribution < 1.29 is 14.6 Å². The molecule has 2 aromatic carbocycles. The van der Waals surface area contributed by atoms with Gasteiger partial charge in [0.25, 0.3) is 0 Å². The van der Waals surface area contributed by atoms with Gasteiger partial charge in [-0.3, -0.25) is 4.98 Å². The number of aromatic hydroxyl groups is 1. The fourth-order valence-electron chi connectivity index (χ4n) is 3.24. The van der Waals surface area contributed by atoms with E-state index in [9.17, 15) is 5.11 Å². The summed E-state index contributed by atoms with van der Waals surface area (Å²) in [5.74, 6) is 1.63. The molecule has 0 saturated carbocycles. The first-order valence-electron chi connectivity index (χ1n) is 7.29. The molecule has 0 fully saturated rings. The topological polar surface area (TPSA) is 67.4 Å². The first kappa shape index (κ1) is 12.3. The highest BCUT2D eigenvalue weighted by atomic mass is 16.7. The summed E-state index contributed by atoms with van der Waals surface area (Å²) in [6, 6.07) is 9.73. The monoisotopic (exact) mass is 304 g/mol. The standard InChI is InChI=1S/C18H12N2O3/c21-18-12-6-10-3-4-14-17(23-9-22-14)16(10)15(13(12)8-20-18)11-2-1-5-19-7-11/h1-8,20-21H,9H2. The van der Waals surface area contributed by atoms with Crippen LogP contribution in [0.4, 0.5) is 0 Å². The zero-order valence-electron chi connectivity index (χ0n) is 12.0. The van der Waals surface area contributed by atoms with Gasteiger partial charge in [-0.2, -0.15) is 0 Å². The third-order valence-corrected chi connectivity index (χ3v) is 4.24. The van der Waals surface area contributed by atoms with Crippen LogP contribution < -0.4 is 9.47 Å². The molecule has 0 unspecified atom stereocenters. The largest absolute Gasteiger partial charge is 0.494 e. The van der Waals surface area contributed by atoms with Gasteiger partial charge in [0.05, 0.1) is 0 Å². The second kappa shape index (κ2) is 4.39. The number of aromatic amines is 1. The van der Waals surface area contributed by atoms with E-state index in [2.05, 4.69) is 9.97 Å². The number of ether oxygens (including phenoxy) is 2. The molecule has 112 valence electrons. The highest BCUT2D eigenvalue weighted by Gasteiger charge is 2.22. The molecule has 0 radical (unpaired) electrons. The molecular weight excluding hydrogens is 292 g/mol. The third kappa shape index (κ3) is 1.64. The van der Waals surface area contributed by atoms with Crippen molar-refractivity contribution in [3.05, 3.63) is 48.9 Å². The molecule has 4 aromatic rings. The molecule has 2 aromatic heterocycles. The van der Waals surface area contributed by atoms with Crippen molar-refractivity contribution in [1.82, 2.24) is 9.97 Å². The number of nitrogens with one attached hydrogen (secondary N) is 1. The quantitative estimate of drug-likeness (QED) is 0.561. The van der Waals surface area contributed by atoms with Gasteiger partial charge in [-0.15, -0.1) is 0 Å². The van der Waals surface area contributed by atoms with Gasteiger partial charge in [-0.25, -0.2) is 0 Å². The Bertz CT molecular complexity index is 1050. The SMILES string of the molecule is Oc1[nH]cc2c(-c3cccnc3)c3c4c(ccc3cc12)OCO4. The predicted octanol–water partition coefficient (Wildman–Crippen LogP) is 3.82. The molecule has 0 saturated heterocycles. The van der Waals surface area contributed by atoms with Crippen LogP contribution in [0, 0.1) is 0 Å². The number of hydrogen-bond donors (Lipinski definition) is 2.